The molecule has 0 spiro atoms. The molecule has 0 bridgehead atoms. The van der Waals surface area contributed by atoms with E-state index in [1.165, 1.54) is 18.4 Å². The van der Waals surface area contributed by atoms with Crippen molar-refractivity contribution in [2.24, 2.45) is 0 Å². The third-order valence-electron chi connectivity index (χ3n) is 2.42. The Morgan fingerprint density at radius 3 is 2.25 bits per heavy atom. The fourth-order valence-electron chi connectivity index (χ4n) is 1.56. The Labute approximate surface area is 86.1 Å². The standard InChI is InChI=1S/C10H10BrCl/c11-9-5-8(6-9)7-1-3-10(12)4-2-7/h1-4,8-9H,5-6H2. The molecule has 1 aromatic rings. The lowest BCUT2D eigenvalue weighted by atomic mass is 9.80. The quantitative estimate of drug-likeness (QED) is 0.657. The Kier molecular flexibility index (Phi) is 2.42. The van der Waals surface area contributed by atoms with E-state index in [1.54, 1.807) is 0 Å². The van der Waals surface area contributed by atoms with Crippen LogP contribution in [0.3, 0.4) is 0 Å². The minimum absolute atomic E-state index is 0.734. The Morgan fingerprint density at radius 2 is 1.75 bits per heavy atom. The molecule has 12 heavy (non-hydrogen) atoms. The Hall–Kier alpha value is -0.0100. The maximum absolute atomic E-state index is 5.80. The topological polar surface area (TPSA) is 0 Å². The Balaban J connectivity index is 2.09. The minimum Gasteiger partial charge on any atom is -0.0890 e. The first kappa shape index (κ1) is 8.58. The summed E-state index contributed by atoms with van der Waals surface area (Å²) in [7, 11) is 0. The molecule has 64 valence electrons. The fourth-order valence-corrected chi connectivity index (χ4v) is 2.58. The third-order valence-corrected chi connectivity index (χ3v) is 3.42. The predicted molar refractivity (Wildman–Crippen MR) is 56.1 cm³/mol. The van der Waals surface area contributed by atoms with Crippen molar-refractivity contribution in [2.45, 2.75) is 23.6 Å². The number of hydrogen-bond acceptors (Lipinski definition) is 0. The van der Waals surface area contributed by atoms with Crippen molar-refractivity contribution < 1.29 is 0 Å². The molecule has 1 aliphatic rings. The third kappa shape index (κ3) is 1.67. The van der Waals surface area contributed by atoms with Gasteiger partial charge in [0.1, 0.15) is 0 Å². The maximum Gasteiger partial charge on any atom is 0.0406 e. The SMILES string of the molecule is Clc1ccc(C2CC(Br)C2)cc1. The summed E-state index contributed by atoms with van der Waals surface area (Å²) in [6, 6.07) is 8.20. The minimum atomic E-state index is 0.734. The molecule has 1 aliphatic carbocycles. The number of rotatable bonds is 1. The molecule has 1 fully saturated rings. The maximum atomic E-state index is 5.80. The fraction of sp³-hybridized carbons (Fsp3) is 0.400. The number of hydrogen-bond donors (Lipinski definition) is 0. The molecule has 0 aliphatic heterocycles. The van der Waals surface area contributed by atoms with Crippen LogP contribution in [0.25, 0.3) is 0 Å². The average molecular weight is 246 g/mol. The van der Waals surface area contributed by atoms with Gasteiger partial charge in [-0.25, -0.2) is 0 Å². The van der Waals surface area contributed by atoms with E-state index in [0.717, 1.165) is 15.8 Å². The van der Waals surface area contributed by atoms with Gasteiger partial charge in [0.2, 0.25) is 0 Å². The van der Waals surface area contributed by atoms with Gasteiger partial charge < -0.3 is 0 Å². The second kappa shape index (κ2) is 3.39. The molecule has 2 rings (SSSR count). The monoisotopic (exact) mass is 244 g/mol. The van der Waals surface area contributed by atoms with Gasteiger partial charge >= 0.3 is 0 Å². The summed E-state index contributed by atoms with van der Waals surface area (Å²) in [6.45, 7) is 0. The molecular formula is C10H10BrCl. The number of halogens is 2. The normalized spacial score (nSPS) is 28.2. The zero-order valence-electron chi connectivity index (χ0n) is 6.63. The summed E-state index contributed by atoms with van der Waals surface area (Å²) in [5, 5.41) is 0.827. The molecule has 1 saturated carbocycles. The molecule has 0 unspecified atom stereocenters. The molecule has 0 heterocycles. The lowest BCUT2D eigenvalue weighted by Gasteiger charge is -2.31. The van der Waals surface area contributed by atoms with Crippen molar-refractivity contribution in [3.63, 3.8) is 0 Å². The van der Waals surface area contributed by atoms with Crippen LogP contribution in [0.2, 0.25) is 5.02 Å². The van der Waals surface area contributed by atoms with Gasteiger partial charge in [0, 0.05) is 9.85 Å². The molecule has 0 N–H and O–H groups in total. The van der Waals surface area contributed by atoms with Crippen LogP contribution < -0.4 is 0 Å². The van der Waals surface area contributed by atoms with E-state index in [2.05, 4.69) is 28.1 Å². The molecule has 1 aromatic carbocycles. The van der Waals surface area contributed by atoms with Crippen LogP contribution in [-0.2, 0) is 0 Å². The predicted octanol–water partition coefficient (Wildman–Crippen LogP) is 3.98. The van der Waals surface area contributed by atoms with Crippen molar-refractivity contribution in [1.29, 1.82) is 0 Å². The highest BCUT2D eigenvalue weighted by atomic mass is 79.9. The first-order valence-electron chi connectivity index (χ1n) is 4.15. The van der Waals surface area contributed by atoms with Crippen molar-refractivity contribution in [3.05, 3.63) is 34.9 Å². The second-order valence-corrected chi connectivity index (χ2v) is 5.05. The van der Waals surface area contributed by atoms with Crippen LogP contribution >= 0.6 is 27.5 Å². The lowest BCUT2D eigenvalue weighted by Crippen LogP contribution is -2.21. The van der Waals surface area contributed by atoms with Crippen molar-refractivity contribution in [1.82, 2.24) is 0 Å². The van der Waals surface area contributed by atoms with Gasteiger partial charge in [-0.2, -0.15) is 0 Å². The number of alkyl halides is 1. The largest absolute Gasteiger partial charge is 0.0890 e. The summed E-state index contributed by atoms with van der Waals surface area (Å²) >= 11 is 9.38. The molecular weight excluding hydrogens is 235 g/mol. The van der Waals surface area contributed by atoms with Crippen molar-refractivity contribution in [2.75, 3.05) is 0 Å². The van der Waals surface area contributed by atoms with E-state index in [4.69, 9.17) is 11.6 Å². The van der Waals surface area contributed by atoms with E-state index in [1.807, 2.05) is 12.1 Å². The lowest BCUT2D eigenvalue weighted by molar-refractivity contribution is 0.442. The van der Waals surface area contributed by atoms with E-state index in [9.17, 15) is 0 Å². The van der Waals surface area contributed by atoms with Gasteiger partial charge in [-0.1, -0.05) is 39.7 Å². The van der Waals surface area contributed by atoms with Crippen molar-refractivity contribution >= 4 is 27.5 Å². The van der Waals surface area contributed by atoms with E-state index >= 15 is 0 Å². The van der Waals surface area contributed by atoms with Gasteiger partial charge in [-0.15, -0.1) is 0 Å². The van der Waals surface area contributed by atoms with Gasteiger partial charge in [-0.05, 0) is 36.5 Å². The summed E-state index contributed by atoms with van der Waals surface area (Å²) in [4.78, 5) is 0.734. The summed E-state index contributed by atoms with van der Waals surface area (Å²) in [5.74, 6) is 0.756. The zero-order valence-corrected chi connectivity index (χ0v) is 8.98. The second-order valence-electron chi connectivity index (χ2n) is 3.32. The first-order chi connectivity index (χ1) is 5.75. The highest BCUT2D eigenvalue weighted by Crippen LogP contribution is 2.41. The van der Waals surface area contributed by atoms with Crippen LogP contribution in [0.15, 0.2) is 24.3 Å². The number of benzene rings is 1. The van der Waals surface area contributed by atoms with Crippen molar-refractivity contribution in [3.8, 4) is 0 Å². The Bertz CT molecular complexity index is 262. The van der Waals surface area contributed by atoms with Gasteiger partial charge in [-0.3, -0.25) is 0 Å². The summed E-state index contributed by atoms with van der Waals surface area (Å²) in [6.07, 6.45) is 2.53. The zero-order chi connectivity index (χ0) is 8.55. The molecule has 0 radical (unpaired) electrons. The van der Waals surface area contributed by atoms with E-state index in [0.29, 0.717) is 0 Å². The van der Waals surface area contributed by atoms with Crippen LogP contribution in [0, 0.1) is 0 Å². The van der Waals surface area contributed by atoms with Crippen LogP contribution in [0.4, 0.5) is 0 Å². The first-order valence-corrected chi connectivity index (χ1v) is 5.44. The highest BCUT2D eigenvalue weighted by molar-refractivity contribution is 9.09. The molecule has 0 amide bonds. The molecule has 0 aromatic heterocycles. The highest BCUT2D eigenvalue weighted by Gasteiger charge is 2.27. The van der Waals surface area contributed by atoms with Gasteiger partial charge in [0.05, 0.1) is 0 Å². The van der Waals surface area contributed by atoms with Gasteiger partial charge in [0.25, 0.3) is 0 Å². The summed E-state index contributed by atoms with van der Waals surface area (Å²) in [5.41, 5.74) is 1.43. The summed E-state index contributed by atoms with van der Waals surface area (Å²) < 4.78 is 0. The molecule has 0 nitrogen and oxygen atoms in total. The Morgan fingerprint density at radius 1 is 1.17 bits per heavy atom. The van der Waals surface area contributed by atoms with E-state index in [-0.39, 0.29) is 0 Å². The van der Waals surface area contributed by atoms with Gasteiger partial charge in [0.15, 0.2) is 0 Å². The molecule has 0 atom stereocenters. The van der Waals surface area contributed by atoms with E-state index < -0.39 is 0 Å². The average Bonchev–Trinajstić information content (AvgIpc) is 2.01. The molecule has 0 saturated heterocycles. The van der Waals surface area contributed by atoms with Crippen LogP contribution in [0.1, 0.15) is 24.3 Å². The molecule has 2 heteroatoms. The van der Waals surface area contributed by atoms with Crippen LogP contribution in [-0.4, -0.2) is 4.83 Å². The van der Waals surface area contributed by atoms with Crippen LogP contribution in [0.5, 0.6) is 0 Å². The smallest absolute Gasteiger partial charge is 0.0406 e.